The smallest absolute Gasteiger partial charge is 0.222 e. The molecule has 0 fully saturated rings. The molecule has 1 aromatic rings. The first-order valence-electron chi connectivity index (χ1n) is 3.96. The van der Waals surface area contributed by atoms with Crippen LogP contribution in [0.15, 0.2) is 16.9 Å². The second-order valence-electron chi connectivity index (χ2n) is 2.68. The van der Waals surface area contributed by atoms with E-state index in [1.54, 1.807) is 12.4 Å². The van der Waals surface area contributed by atoms with Crippen molar-refractivity contribution < 1.29 is 0 Å². The van der Waals surface area contributed by atoms with E-state index in [4.69, 9.17) is 0 Å². The summed E-state index contributed by atoms with van der Waals surface area (Å²) in [5.74, 6) is 0.688. The van der Waals surface area contributed by atoms with E-state index >= 15 is 0 Å². The molecule has 1 atom stereocenters. The summed E-state index contributed by atoms with van der Waals surface area (Å²) >= 11 is 3.28. The zero-order chi connectivity index (χ0) is 8.97. The molecule has 0 aliphatic carbocycles. The Morgan fingerprint density at radius 2 is 2.08 bits per heavy atom. The Hall–Kier alpha value is -0.640. The molecule has 0 aliphatic rings. The van der Waals surface area contributed by atoms with E-state index in [-0.39, 0.29) is 0 Å². The van der Waals surface area contributed by atoms with Crippen molar-refractivity contribution in [2.24, 2.45) is 0 Å². The fourth-order valence-corrected chi connectivity index (χ4v) is 0.914. The van der Waals surface area contributed by atoms with Gasteiger partial charge in [-0.3, -0.25) is 0 Å². The maximum absolute atomic E-state index is 4.10. The lowest BCUT2D eigenvalue weighted by atomic mass is 10.3. The third-order valence-electron chi connectivity index (χ3n) is 1.61. The third kappa shape index (κ3) is 2.77. The zero-order valence-corrected chi connectivity index (χ0v) is 8.80. The lowest BCUT2D eigenvalue weighted by Crippen LogP contribution is -2.15. The van der Waals surface area contributed by atoms with Gasteiger partial charge in [-0.1, -0.05) is 6.92 Å². The molecule has 66 valence electrons. The molecule has 0 aromatic carbocycles. The zero-order valence-electron chi connectivity index (χ0n) is 7.21. The summed E-state index contributed by atoms with van der Waals surface area (Å²) in [6, 6.07) is 0.422. The van der Waals surface area contributed by atoms with Crippen LogP contribution in [0.25, 0.3) is 0 Å². The minimum atomic E-state index is 0.422. The van der Waals surface area contributed by atoms with Gasteiger partial charge in [0, 0.05) is 18.4 Å². The van der Waals surface area contributed by atoms with Gasteiger partial charge in [-0.2, -0.15) is 0 Å². The Bertz CT molecular complexity index is 235. The van der Waals surface area contributed by atoms with Gasteiger partial charge in [0.25, 0.3) is 0 Å². The molecule has 0 spiro atoms. The lowest BCUT2D eigenvalue weighted by Gasteiger charge is -2.09. The monoisotopic (exact) mass is 229 g/mol. The number of nitrogens with zero attached hydrogens (tertiary/aromatic N) is 2. The quantitative estimate of drug-likeness (QED) is 0.866. The molecule has 0 saturated carbocycles. The van der Waals surface area contributed by atoms with Crippen molar-refractivity contribution in [3.63, 3.8) is 0 Å². The molecule has 0 amide bonds. The number of rotatable bonds is 3. The molecule has 0 saturated heterocycles. The fourth-order valence-electron chi connectivity index (χ4n) is 0.709. The summed E-state index contributed by atoms with van der Waals surface area (Å²) in [4.78, 5) is 8.19. The average Bonchev–Trinajstić information content (AvgIpc) is 2.09. The Balaban J connectivity index is 2.58. The van der Waals surface area contributed by atoms with Gasteiger partial charge >= 0.3 is 0 Å². The van der Waals surface area contributed by atoms with Crippen molar-refractivity contribution in [3.05, 3.63) is 16.9 Å². The Kier molecular flexibility index (Phi) is 3.47. The van der Waals surface area contributed by atoms with Gasteiger partial charge in [-0.25, -0.2) is 9.97 Å². The highest BCUT2D eigenvalue weighted by molar-refractivity contribution is 9.10. The summed E-state index contributed by atoms with van der Waals surface area (Å²) in [5, 5.41) is 3.18. The second kappa shape index (κ2) is 4.40. The molecule has 3 nitrogen and oxygen atoms in total. The predicted molar refractivity (Wildman–Crippen MR) is 53.1 cm³/mol. The molecule has 0 aliphatic heterocycles. The van der Waals surface area contributed by atoms with Crippen LogP contribution in [0.2, 0.25) is 0 Å². The number of halogens is 1. The Labute approximate surface area is 80.7 Å². The maximum atomic E-state index is 4.10. The van der Waals surface area contributed by atoms with Crippen LogP contribution in [0.4, 0.5) is 5.95 Å². The summed E-state index contributed by atoms with van der Waals surface area (Å²) in [5.41, 5.74) is 0. The Morgan fingerprint density at radius 3 is 2.58 bits per heavy atom. The second-order valence-corrected chi connectivity index (χ2v) is 3.59. The van der Waals surface area contributed by atoms with E-state index in [1.807, 2.05) is 0 Å². The molecule has 0 bridgehead atoms. The predicted octanol–water partition coefficient (Wildman–Crippen LogP) is 2.45. The van der Waals surface area contributed by atoms with Gasteiger partial charge < -0.3 is 5.32 Å². The molecule has 0 radical (unpaired) electrons. The molecular formula is C8H12BrN3. The van der Waals surface area contributed by atoms with Crippen LogP contribution in [0, 0.1) is 0 Å². The van der Waals surface area contributed by atoms with Crippen LogP contribution < -0.4 is 5.32 Å². The molecule has 4 heteroatoms. The van der Waals surface area contributed by atoms with Gasteiger partial charge in [0.15, 0.2) is 0 Å². The van der Waals surface area contributed by atoms with Crippen LogP contribution in [-0.2, 0) is 0 Å². The van der Waals surface area contributed by atoms with Gasteiger partial charge in [-0.15, -0.1) is 0 Å². The summed E-state index contributed by atoms with van der Waals surface area (Å²) in [6.07, 6.45) is 4.54. The largest absolute Gasteiger partial charge is 0.352 e. The number of hydrogen-bond acceptors (Lipinski definition) is 3. The van der Waals surface area contributed by atoms with E-state index in [0.29, 0.717) is 12.0 Å². The molecule has 1 N–H and O–H groups in total. The molecule has 1 heterocycles. The molecule has 1 rings (SSSR count). The molecular weight excluding hydrogens is 218 g/mol. The molecule has 1 aromatic heterocycles. The highest BCUT2D eigenvalue weighted by Gasteiger charge is 1.99. The highest BCUT2D eigenvalue weighted by Crippen LogP contribution is 2.07. The van der Waals surface area contributed by atoms with Crippen molar-refractivity contribution in [2.45, 2.75) is 26.3 Å². The van der Waals surface area contributed by atoms with Crippen LogP contribution >= 0.6 is 15.9 Å². The SMILES string of the molecule is CC[C@H](C)Nc1ncc(Br)cn1. The number of aromatic nitrogens is 2. The first-order chi connectivity index (χ1) is 5.72. The van der Waals surface area contributed by atoms with Gasteiger partial charge in [0.05, 0.1) is 4.47 Å². The standard InChI is InChI=1S/C8H12BrN3/c1-3-6(2)12-8-10-4-7(9)5-11-8/h4-6H,3H2,1-2H3,(H,10,11,12)/t6-/m0/s1. The van der Waals surface area contributed by atoms with Crippen molar-refractivity contribution in [3.8, 4) is 0 Å². The van der Waals surface area contributed by atoms with E-state index in [9.17, 15) is 0 Å². The first-order valence-corrected chi connectivity index (χ1v) is 4.75. The normalized spacial score (nSPS) is 12.6. The van der Waals surface area contributed by atoms with Crippen LogP contribution in [-0.4, -0.2) is 16.0 Å². The van der Waals surface area contributed by atoms with Crippen molar-refractivity contribution >= 4 is 21.9 Å². The number of anilines is 1. The number of nitrogens with one attached hydrogen (secondary N) is 1. The number of hydrogen-bond donors (Lipinski definition) is 1. The van der Waals surface area contributed by atoms with Gasteiger partial charge in [0.2, 0.25) is 5.95 Å². The third-order valence-corrected chi connectivity index (χ3v) is 2.02. The average molecular weight is 230 g/mol. The highest BCUT2D eigenvalue weighted by atomic mass is 79.9. The maximum Gasteiger partial charge on any atom is 0.222 e. The van der Waals surface area contributed by atoms with Gasteiger partial charge in [0.1, 0.15) is 0 Å². The molecule has 0 unspecified atom stereocenters. The summed E-state index contributed by atoms with van der Waals surface area (Å²) in [7, 11) is 0. The van der Waals surface area contributed by atoms with E-state index < -0.39 is 0 Å². The van der Waals surface area contributed by atoms with E-state index in [1.165, 1.54) is 0 Å². The Morgan fingerprint density at radius 1 is 1.50 bits per heavy atom. The van der Waals surface area contributed by atoms with Crippen molar-refractivity contribution in [1.82, 2.24) is 9.97 Å². The van der Waals surface area contributed by atoms with E-state index in [0.717, 1.165) is 10.9 Å². The lowest BCUT2D eigenvalue weighted by molar-refractivity contribution is 0.752. The minimum absolute atomic E-state index is 0.422. The van der Waals surface area contributed by atoms with Crippen molar-refractivity contribution in [2.75, 3.05) is 5.32 Å². The topological polar surface area (TPSA) is 37.8 Å². The fraction of sp³-hybridized carbons (Fsp3) is 0.500. The van der Waals surface area contributed by atoms with Crippen molar-refractivity contribution in [1.29, 1.82) is 0 Å². The minimum Gasteiger partial charge on any atom is -0.352 e. The summed E-state index contributed by atoms with van der Waals surface area (Å²) < 4.78 is 0.900. The van der Waals surface area contributed by atoms with Crippen LogP contribution in [0.5, 0.6) is 0 Å². The van der Waals surface area contributed by atoms with Crippen LogP contribution in [0.3, 0.4) is 0 Å². The summed E-state index contributed by atoms with van der Waals surface area (Å²) in [6.45, 7) is 4.22. The van der Waals surface area contributed by atoms with Gasteiger partial charge in [-0.05, 0) is 29.3 Å². The first kappa shape index (κ1) is 9.45. The van der Waals surface area contributed by atoms with Crippen LogP contribution in [0.1, 0.15) is 20.3 Å². The van der Waals surface area contributed by atoms with E-state index in [2.05, 4.69) is 45.1 Å². The molecule has 12 heavy (non-hydrogen) atoms.